The first-order valence-corrected chi connectivity index (χ1v) is 7.92. The van der Waals surface area contributed by atoms with Crippen LogP contribution in [0, 0.1) is 23.2 Å². The van der Waals surface area contributed by atoms with E-state index in [1.165, 1.54) is 6.92 Å². The zero-order chi connectivity index (χ0) is 15.4. The second-order valence-electron chi connectivity index (χ2n) is 7.16. The zero-order valence-electron chi connectivity index (χ0n) is 13.1. The molecule has 0 amide bonds. The molecule has 6 unspecified atom stereocenters. The van der Waals surface area contributed by atoms with E-state index in [4.69, 9.17) is 9.47 Å². The molecule has 0 radical (unpaired) electrons. The summed E-state index contributed by atoms with van der Waals surface area (Å²) in [5.41, 5.74) is 0.309. The molecule has 0 bridgehead atoms. The maximum atomic E-state index is 12.0. The van der Waals surface area contributed by atoms with E-state index in [1.54, 1.807) is 0 Å². The molecule has 1 heterocycles. The second-order valence-corrected chi connectivity index (χ2v) is 7.16. The van der Waals surface area contributed by atoms with Crippen molar-refractivity contribution in [2.45, 2.75) is 58.7 Å². The number of ether oxygens (including phenoxy) is 2. The Kier molecular flexibility index (Phi) is 3.38. The van der Waals surface area contributed by atoms with Gasteiger partial charge in [0.1, 0.15) is 12.2 Å². The first kappa shape index (κ1) is 14.6. The largest absolute Gasteiger partial charge is 0.462 e. The first-order chi connectivity index (χ1) is 9.85. The van der Waals surface area contributed by atoms with Crippen molar-refractivity contribution in [1.29, 1.82) is 0 Å². The fraction of sp³-hybridized carbons (Fsp3) is 0.765. The van der Waals surface area contributed by atoms with Crippen LogP contribution in [0.2, 0.25) is 0 Å². The average molecular weight is 292 g/mol. The third-order valence-corrected chi connectivity index (χ3v) is 6.08. The van der Waals surface area contributed by atoms with Gasteiger partial charge in [-0.1, -0.05) is 20.4 Å². The SMILES string of the molecule is C=C1C(=O)OC2C1CCC(C)C1CCC(OC(C)=O)C12C. The Labute approximate surface area is 125 Å². The van der Waals surface area contributed by atoms with E-state index in [-0.39, 0.29) is 35.5 Å². The number of carbonyl (C=O) groups is 2. The van der Waals surface area contributed by atoms with Gasteiger partial charge in [0.15, 0.2) is 0 Å². The average Bonchev–Trinajstić information content (AvgIpc) is 2.84. The summed E-state index contributed by atoms with van der Waals surface area (Å²) in [5.74, 6) is 0.529. The Hall–Kier alpha value is -1.32. The van der Waals surface area contributed by atoms with E-state index in [0.29, 0.717) is 17.4 Å². The van der Waals surface area contributed by atoms with Crippen LogP contribution in [0.15, 0.2) is 12.2 Å². The van der Waals surface area contributed by atoms with Gasteiger partial charge in [0, 0.05) is 23.8 Å². The van der Waals surface area contributed by atoms with Gasteiger partial charge < -0.3 is 9.47 Å². The van der Waals surface area contributed by atoms with Gasteiger partial charge in [0.25, 0.3) is 0 Å². The summed E-state index contributed by atoms with van der Waals surface area (Å²) in [5, 5.41) is 0. The molecule has 116 valence electrons. The highest BCUT2D eigenvalue weighted by atomic mass is 16.6. The van der Waals surface area contributed by atoms with E-state index < -0.39 is 0 Å². The van der Waals surface area contributed by atoms with Crippen molar-refractivity contribution >= 4 is 11.9 Å². The molecule has 4 nitrogen and oxygen atoms in total. The van der Waals surface area contributed by atoms with E-state index in [2.05, 4.69) is 20.4 Å². The van der Waals surface area contributed by atoms with Crippen LogP contribution in [0.4, 0.5) is 0 Å². The molecule has 6 atom stereocenters. The van der Waals surface area contributed by atoms with Crippen molar-refractivity contribution in [2.75, 3.05) is 0 Å². The van der Waals surface area contributed by atoms with Gasteiger partial charge in [0.2, 0.25) is 0 Å². The van der Waals surface area contributed by atoms with Crippen LogP contribution >= 0.6 is 0 Å². The molecule has 4 heteroatoms. The van der Waals surface area contributed by atoms with Crippen LogP contribution in [0.3, 0.4) is 0 Å². The highest BCUT2D eigenvalue weighted by Gasteiger charge is 2.62. The molecular weight excluding hydrogens is 268 g/mol. The Morgan fingerprint density at radius 2 is 2.05 bits per heavy atom. The maximum Gasteiger partial charge on any atom is 0.334 e. The fourth-order valence-corrected chi connectivity index (χ4v) is 5.01. The fourth-order valence-electron chi connectivity index (χ4n) is 5.01. The zero-order valence-corrected chi connectivity index (χ0v) is 13.1. The van der Waals surface area contributed by atoms with E-state index in [0.717, 1.165) is 25.7 Å². The minimum absolute atomic E-state index is 0.0751. The normalized spacial score (nSPS) is 45.6. The first-order valence-electron chi connectivity index (χ1n) is 7.92. The van der Waals surface area contributed by atoms with Gasteiger partial charge in [0.05, 0.1) is 0 Å². The number of rotatable bonds is 1. The molecule has 0 aromatic heterocycles. The van der Waals surface area contributed by atoms with Crippen molar-refractivity contribution in [3.05, 3.63) is 12.2 Å². The predicted molar refractivity (Wildman–Crippen MR) is 77.3 cm³/mol. The highest BCUT2D eigenvalue weighted by molar-refractivity contribution is 5.91. The van der Waals surface area contributed by atoms with Crippen molar-refractivity contribution in [3.63, 3.8) is 0 Å². The summed E-state index contributed by atoms with van der Waals surface area (Å²) in [6, 6.07) is 0. The number of esters is 2. The lowest BCUT2D eigenvalue weighted by Crippen LogP contribution is -2.48. The van der Waals surface area contributed by atoms with Gasteiger partial charge in [-0.25, -0.2) is 4.79 Å². The van der Waals surface area contributed by atoms with Crippen molar-refractivity contribution in [3.8, 4) is 0 Å². The summed E-state index contributed by atoms with van der Waals surface area (Å²) in [4.78, 5) is 23.4. The maximum absolute atomic E-state index is 12.0. The molecule has 0 aromatic rings. The van der Waals surface area contributed by atoms with Crippen molar-refractivity contribution in [2.24, 2.45) is 23.2 Å². The van der Waals surface area contributed by atoms with Gasteiger partial charge in [-0.15, -0.1) is 0 Å². The number of fused-ring (bicyclic) bond motifs is 3. The lowest BCUT2D eigenvalue weighted by molar-refractivity contribution is -0.166. The molecule has 1 saturated heterocycles. The second kappa shape index (κ2) is 4.85. The molecule has 0 N–H and O–H groups in total. The molecule has 2 saturated carbocycles. The Morgan fingerprint density at radius 1 is 1.33 bits per heavy atom. The van der Waals surface area contributed by atoms with E-state index in [9.17, 15) is 9.59 Å². The van der Waals surface area contributed by atoms with Gasteiger partial charge in [-0.3, -0.25) is 4.79 Å². The minimum Gasteiger partial charge on any atom is -0.462 e. The van der Waals surface area contributed by atoms with Crippen molar-refractivity contribution < 1.29 is 19.1 Å². The summed E-state index contributed by atoms with van der Waals surface area (Å²) in [6.45, 7) is 9.80. The summed E-state index contributed by atoms with van der Waals surface area (Å²) < 4.78 is 11.3. The Bertz CT molecular complexity index is 497. The molecule has 3 aliphatic rings. The number of hydrogen-bond donors (Lipinski definition) is 0. The molecule has 3 fully saturated rings. The van der Waals surface area contributed by atoms with Crippen LogP contribution in [0.1, 0.15) is 46.5 Å². The van der Waals surface area contributed by atoms with Gasteiger partial charge in [-0.2, -0.15) is 0 Å². The monoisotopic (exact) mass is 292 g/mol. The molecule has 0 aromatic carbocycles. The van der Waals surface area contributed by atoms with Crippen LogP contribution < -0.4 is 0 Å². The van der Waals surface area contributed by atoms with Crippen LogP contribution in [-0.4, -0.2) is 24.1 Å². The lowest BCUT2D eigenvalue weighted by Gasteiger charge is -2.41. The molecular formula is C17H24O4. The van der Waals surface area contributed by atoms with E-state index in [1.807, 2.05) is 0 Å². The molecule has 3 rings (SSSR count). The number of hydrogen-bond acceptors (Lipinski definition) is 4. The third kappa shape index (κ3) is 2.02. The smallest absolute Gasteiger partial charge is 0.334 e. The van der Waals surface area contributed by atoms with Crippen LogP contribution in [0.5, 0.6) is 0 Å². The highest BCUT2D eigenvalue weighted by Crippen LogP contribution is 2.58. The Balaban J connectivity index is 2.01. The van der Waals surface area contributed by atoms with Crippen LogP contribution in [-0.2, 0) is 19.1 Å². The topological polar surface area (TPSA) is 52.6 Å². The standard InChI is InChI=1S/C17H24O4/c1-9-5-6-12-10(2)16(19)21-15(12)17(4)13(9)7-8-14(17)20-11(3)18/h9,12-15H,2,5-8H2,1,3-4H3. The van der Waals surface area contributed by atoms with E-state index >= 15 is 0 Å². The molecule has 1 aliphatic heterocycles. The molecule has 0 spiro atoms. The summed E-state index contributed by atoms with van der Waals surface area (Å²) in [7, 11) is 0. The van der Waals surface area contributed by atoms with Gasteiger partial charge >= 0.3 is 11.9 Å². The third-order valence-electron chi connectivity index (χ3n) is 6.08. The van der Waals surface area contributed by atoms with Crippen LogP contribution in [0.25, 0.3) is 0 Å². The molecule has 21 heavy (non-hydrogen) atoms. The summed E-state index contributed by atoms with van der Waals surface area (Å²) in [6.07, 6.45) is 3.55. The predicted octanol–water partition coefficient (Wildman–Crippen LogP) is 2.86. The van der Waals surface area contributed by atoms with Gasteiger partial charge in [-0.05, 0) is 37.5 Å². The number of carbonyl (C=O) groups excluding carboxylic acids is 2. The molecule has 2 aliphatic carbocycles. The quantitative estimate of drug-likeness (QED) is 0.551. The lowest BCUT2D eigenvalue weighted by atomic mass is 9.68. The van der Waals surface area contributed by atoms with Crippen molar-refractivity contribution in [1.82, 2.24) is 0 Å². The minimum atomic E-state index is -0.290. The Morgan fingerprint density at radius 3 is 2.71 bits per heavy atom. The summed E-state index contributed by atoms with van der Waals surface area (Å²) >= 11 is 0.